The van der Waals surface area contributed by atoms with Crippen molar-refractivity contribution in [3.8, 4) is 11.3 Å². The van der Waals surface area contributed by atoms with E-state index in [4.69, 9.17) is 4.42 Å². The first-order chi connectivity index (χ1) is 9.13. The third-order valence-corrected chi connectivity index (χ3v) is 2.43. The lowest BCUT2D eigenvalue weighted by Gasteiger charge is -2.08. The minimum Gasteiger partial charge on any atom is -0.464 e. The van der Waals surface area contributed by atoms with Gasteiger partial charge in [-0.3, -0.25) is 4.79 Å². The molecule has 1 heterocycles. The molecular weight excluding hydrogens is 248 g/mol. The highest BCUT2D eigenvalue weighted by Gasteiger charge is 2.20. The predicted octanol–water partition coefficient (Wildman–Crippen LogP) is 2.09. The average Bonchev–Trinajstić information content (AvgIpc) is 2.87. The van der Waals surface area contributed by atoms with E-state index in [9.17, 15) is 9.59 Å². The summed E-state index contributed by atoms with van der Waals surface area (Å²) in [5, 5.41) is 2.67. The molecule has 1 aromatic carbocycles. The van der Waals surface area contributed by atoms with Crippen LogP contribution in [0.5, 0.6) is 0 Å². The fraction of sp³-hybridized carbons (Fsp3) is 0.154. The van der Waals surface area contributed by atoms with Crippen LogP contribution in [-0.2, 0) is 9.53 Å². The molecule has 0 fully saturated rings. The van der Waals surface area contributed by atoms with Crippen LogP contribution in [0, 0.1) is 0 Å². The molecule has 1 N–H and O–H groups in total. The number of oxazole rings is 1. The molecule has 0 unspecified atom stereocenters. The van der Waals surface area contributed by atoms with E-state index < -0.39 is 5.97 Å². The molecule has 0 spiro atoms. The maximum atomic E-state index is 11.6. The van der Waals surface area contributed by atoms with Gasteiger partial charge in [0.05, 0.1) is 12.8 Å². The van der Waals surface area contributed by atoms with Gasteiger partial charge in [-0.05, 0) is 12.1 Å². The molecule has 2 aromatic rings. The maximum absolute atomic E-state index is 11.6. The van der Waals surface area contributed by atoms with Crippen LogP contribution in [0.4, 0.5) is 5.69 Å². The number of nitrogens with one attached hydrogen (secondary N) is 1. The number of carbonyl (C=O) groups is 2. The molecule has 6 heteroatoms. The summed E-state index contributed by atoms with van der Waals surface area (Å²) in [6, 6.07) is 6.96. The summed E-state index contributed by atoms with van der Waals surface area (Å²) in [5.74, 6) is -0.552. The number of anilines is 1. The Labute approximate surface area is 109 Å². The van der Waals surface area contributed by atoms with Crippen molar-refractivity contribution in [3.05, 3.63) is 36.4 Å². The van der Waals surface area contributed by atoms with E-state index in [-0.39, 0.29) is 17.4 Å². The Hall–Kier alpha value is -2.63. The number of methoxy groups -OCH3 is 1. The SMILES string of the molecule is COC(=O)c1ncoc1-c1ccccc1NC(C)=O. The second kappa shape index (κ2) is 5.34. The van der Waals surface area contributed by atoms with E-state index in [2.05, 4.69) is 15.0 Å². The second-order valence-corrected chi connectivity index (χ2v) is 3.75. The summed E-state index contributed by atoms with van der Waals surface area (Å²) in [6.45, 7) is 1.40. The Balaban J connectivity index is 2.50. The molecule has 0 radical (unpaired) electrons. The summed E-state index contributed by atoms with van der Waals surface area (Å²) in [6.07, 6.45) is 1.16. The molecule has 1 aromatic heterocycles. The van der Waals surface area contributed by atoms with Crippen molar-refractivity contribution in [1.29, 1.82) is 0 Å². The van der Waals surface area contributed by atoms with Crippen molar-refractivity contribution in [2.75, 3.05) is 12.4 Å². The molecule has 0 bridgehead atoms. The summed E-state index contributed by atoms with van der Waals surface area (Å²) < 4.78 is 9.86. The van der Waals surface area contributed by atoms with Crippen molar-refractivity contribution in [3.63, 3.8) is 0 Å². The van der Waals surface area contributed by atoms with Gasteiger partial charge in [0.25, 0.3) is 0 Å². The molecule has 0 saturated heterocycles. The van der Waals surface area contributed by atoms with Crippen molar-refractivity contribution < 1.29 is 18.7 Å². The summed E-state index contributed by atoms with van der Waals surface area (Å²) in [4.78, 5) is 26.6. The molecule has 0 aliphatic heterocycles. The molecule has 2 rings (SSSR count). The number of aromatic nitrogens is 1. The van der Waals surface area contributed by atoms with Crippen LogP contribution in [0.15, 0.2) is 35.1 Å². The molecule has 0 aliphatic carbocycles. The van der Waals surface area contributed by atoms with Crippen LogP contribution < -0.4 is 5.32 Å². The first-order valence-electron chi connectivity index (χ1n) is 5.52. The van der Waals surface area contributed by atoms with E-state index in [0.717, 1.165) is 6.39 Å². The average molecular weight is 260 g/mol. The highest BCUT2D eigenvalue weighted by molar-refractivity contribution is 5.98. The monoisotopic (exact) mass is 260 g/mol. The normalized spacial score (nSPS) is 10.0. The van der Waals surface area contributed by atoms with Crippen LogP contribution in [0.3, 0.4) is 0 Å². The molecule has 19 heavy (non-hydrogen) atoms. The lowest BCUT2D eigenvalue weighted by atomic mass is 10.1. The minimum absolute atomic E-state index is 0.0697. The Kier molecular flexibility index (Phi) is 3.61. The molecule has 98 valence electrons. The smallest absolute Gasteiger partial charge is 0.360 e. The first-order valence-corrected chi connectivity index (χ1v) is 5.52. The fourth-order valence-electron chi connectivity index (χ4n) is 1.66. The Bertz CT molecular complexity index is 619. The maximum Gasteiger partial charge on any atom is 0.360 e. The van der Waals surface area contributed by atoms with Gasteiger partial charge >= 0.3 is 5.97 Å². The van der Waals surface area contributed by atoms with E-state index in [1.807, 2.05) is 0 Å². The molecule has 0 saturated carbocycles. The van der Waals surface area contributed by atoms with Crippen molar-refractivity contribution in [1.82, 2.24) is 4.98 Å². The zero-order chi connectivity index (χ0) is 13.8. The third-order valence-electron chi connectivity index (χ3n) is 2.43. The minimum atomic E-state index is -0.596. The Morgan fingerprint density at radius 1 is 1.32 bits per heavy atom. The predicted molar refractivity (Wildman–Crippen MR) is 67.6 cm³/mol. The Morgan fingerprint density at radius 3 is 2.74 bits per heavy atom. The topological polar surface area (TPSA) is 81.4 Å². The second-order valence-electron chi connectivity index (χ2n) is 3.75. The van der Waals surface area contributed by atoms with Gasteiger partial charge < -0.3 is 14.5 Å². The number of hydrogen-bond donors (Lipinski definition) is 1. The molecule has 6 nitrogen and oxygen atoms in total. The van der Waals surface area contributed by atoms with Gasteiger partial charge in [-0.15, -0.1) is 0 Å². The van der Waals surface area contributed by atoms with Crippen molar-refractivity contribution in [2.45, 2.75) is 6.92 Å². The number of benzene rings is 1. The van der Waals surface area contributed by atoms with E-state index in [0.29, 0.717) is 11.3 Å². The van der Waals surface area contributed by atoms with Gasteiger partial charge in [0.1, 0.15) is 0 Å². The summed E-state index contributed by atoms with van der Waals surface area (Å²) in [5.41, 5.74) is 1.17. The molecule has 0 aliphatic rings. The van der Waals surface area contributed by atoms with Crippen LogP contribution in [0.1, 0.15) is 17.4 Å². The zero-order valence-corrected chi connectivity index (χ0v) is 10.5. The summed E-state index contributed by atoms with van der Waals surface area (Å²) in [7, 11) is 1.26. The quantitative estimate of drug-likeness (QED) is 0.854. The van der Waals surface area contributed by atoms with Gasteiger partial charge in [-0.2, -0.15) is 0 Å². The number of nitrogens with zero attached hydrogens (tertiary/aromatic N) is 1. The molecular formula is C13H12N2O4. The van der Waals surface area contributed by atoms with Crippen LogP contribution in [0.2, 0.25) is 0 Å². The van der Waals surface area contributed by atoms with Gasteiger partial charge in [-0.1, -0.05) is 12.1 Å². The van der Waals surface area contributed by atoms with E-state index in [1.54, 1.807) is 24.3 Å². The fourth-order valence-corrected chi connectivity index (χ4v) is 1.66. The number of carbonyl (C=O) groups excluding carboxylic acids is 2. The van der Waals surface area contributed by atoms with Gasteiger partial charge in [-0.25, -0.2) is 9.78 Å². The number of hydrogen-bond acceptors (Lipinski definition) is 5. The molecule has 1 amide bonds. The largest absolute Gasteiger partial charge is 0.464 e. The van der Waals surface area contributed by atoms with E-state index >= 15 is 0 Å². The lowest BCUT2D eigenvalue weighted by molar-refractivity contribution is -0.114. The summed E-state index contributed by atoms with van der Waals surface area (Å²) >= 11 is 0. The van der Waals surface area contributed by atoms with Crippen molar-refractivity contribution >= 4 is 17.6 Å². The Morgan fingerprint density at radius 2 is 2.05 bits per heavy atom. The highest BCUT2D eigenvalue weighted by Crippen LogP contribution is 2.30. The number of para-hydroxylation sites is 1. The number of ether oxygens (including phenoxy) is 1. The zero-order valence-electron chi connectivity index (χ0n) is 10.5. The van der Waals surface area contributed by atoms with Crippen LogP contribution in [0.25, 0.3) is 11.3 Å². The highest BCUT2D eigenvalue weighted by atomic mass is 16.5. The first kappa shape index (κ1) is 12.8. The van der Waals surface area contributed by atoms with Gasteiger partial charge in [0.2, 0.25) is 5.91 Å². The van der Waals surface area contributed by atoms with Gasteiger partial charge in [0, 0.05) is 12.5 Å². The third kappa shape index (κ3) is 2.62. The lowest BCUT2D eigenvalue weighted by Crippen LogP contribution is -2.08. The number of esters is 1. The van der Waals surface area contributed by atoms with Crippen LogP contribution in [-0.4, -0.2) is 24.0 Å². The van der Waals surface area contributed by atoms with Crippen LogP contribution >= 0.6 is 0 Å². The van der Waals surface area contributed by atoms with Crippen molar-refractivity contribution in [2.24, 2.45) is 0 Å². The number of amides is 1. The standard InChI is InChI=1S/C13H12N2O4/c1-8(16)15-10-6-4-3-5-9(10)12-11(13(17)18-2)14-7-19-12/h3-7H,1-2H3,(H,15,16). The van der Waals surface area contributed by atoms with E-state index in [1.165, 1.54) is 14.0 Å². The molecule has 0 atom stereocenters. The van der Waals surface area contributed by atoms with Gasteiger partial charge in [0.15, 0.2) is 17.8 Å². The number of rotatable bonds is 3.